The maximum Gasteiger partial charge on any atom is 0.107 e. The van der Waals surface area contributed by atoms with Gasteiger partial charge in [-0.3, -0.25) is 4.98 Å². The number of rotatable bonds is 2. The number of fused-ring (bicyclic) bond motifs is 3. The molecule has 0 aliphatic rings. The molecule has 19 heavy (non-hydrogen) atoms. The van der Waals surface area contributed by atoms with Crippen LogP contribution in [0.25, 0.3) is 21.9 Å². The van der Waals surface area contributed by atoms with E-state index in [0.29, 0.717) is 0 Å². The molecule has 4 rings (SSSR count). The molecule has 0 amide bonds. The van der Waals surface area contributed by atoms with Crippen LogP contribution in [0.2, 0.25) is 0 Å². The van der Waals surface area contributed by atoms with Crippen molar-refractivity contribution in [2.24, 2.45) is 0 Å². The minimum absolute atomic E-state index is 0.744. The summed E-state index contributed by atoms with van der Waals surface area (Å²) in [7, 11) is 0. The molecule has 0 N–H and O–H groups in total. The van der Waals surface area contributed by atoms with E-state index in [0.717, 1.165) is 34.2 Å². The van der Waals surface area contributed by atoms with Gasteiger partial charge in [-0.1, -0.05) is 18.2 Å². The van der Waals surface area contributed by atoms with Crippen molar-refractivity contribution in [1.82, 2.24) is 19.5 Å². The van der Waals surface area contributed by atoms with Gasteiger partial charge in [-0.15, -0.1) is 11.3 Å². The summed E-state index contributed by atoms with van der Waals surface area (Å²) >= 11 is 1.61. The van der Waals surface area contributed by atoms with Gasteiger partial charge in [0.25, 0.3) is 0 Å². The smallest absolute Gasteiger partial charge is 0.107 e. The number of pyridine rings is 1. The van der Waals surface area contributed by atoms with Gasteiger partial charge >= 0.3 is 0 Å². The Labute approximate surface area is 113 Å². The van der Waals surface area contributed by atoms with Crippen LogP contribution >= 0.6 is 11.3 Å². The van der Waals surface area contributed by atoms with Crippen molar-refractivity contribution in [3.8, 4) is 0 Å². The summed E-state index contributed by atoms with van der Waals surface area (Å²) in [5.41, 5.74) is 5.96. The van der Waals surface area contributed by atoms with Gasteiger partial charge in [0.05, 0.1) is 41.3 Å². The zero-order valence-corrected chi connectivity index (χ0v) is 10.8. The third-order valence-electron chi connectivity index (χ3n) is 3.17. The molecule has 0 aliphatic carbocycles. The molecular weight excluding hydrogens is 256 g/mol. The molecule has 3 heterocycles. The number of hydrogen-bond acceptors (Lipinski definition) is 4. The standard InChI is InChI=1S/C14H10N4S/c1-2-4-12-11(3-1)14-13(5-15-12)16-8-18(14)6-10-7-19-9-17-10/h1-5,7-9H,6H2. The number of para-hydroxylation sites is 1. The summed E-state index contributed by atoms with van der Waals surface area (Å²) in [5, 5.41) is 3.20. The second-order valence-corrected chi connectivity index (χ2v) is 5.08. The maximum absolute atomic E-state index is 4.43. The first-order valence-electron chi connectivity index (χ1n) is 5.97. The third kappa shape index (κ3) is 1.70. The van der Waals surface area contributed by atoms with Crippen LogP contribution in [0.5, 0.6) is 0 Å². The second-order valence-electron chi connectivity index (χ2n) is 4.36. The molecule has 4 aromatic rings. The normalized spacial score (nSPS) is 11.4. The van der Waals surface area contributed by atoms with Crippen molar-refractivity contribution < 1.29 is 0 Å². The highest BCUT2D eigenvalue weighted by Crippen LogP contribution is 2.23. The largest absolute Gasteiger partial charge is 0.324 e. The average molecular weight is 266 g/mol. The monoisotopic (exact) mass is 266 g/mol. The molecule has 0 fully saturated rings. The van der Waals surface area contributed by atoms with E-state index in [1.165, 1.54) is 0 Å². The Morgan fingerprint density at radius 2 is 2.00 bits per heavy atom. The van der Waals surface area contributed by atoms with Crippen LogP contribution in [-0.4, -0.2) is 19.5 Å². The third-order valence-corrected chi connectivity index (χ3v) is 3.80. The van der Waals surface area contributed by atoms with Crippen LogP contribution < -0.4 is 0 Å². The SMILES string of the molecule is c1ccc2c(c1)ncc1ncn(Cc3cscn3)c12. The fourth-order valence-corrected chi connectivity index (χ4v) is 2.86. The number of thiazole rings is 1. The number of nitrogens with zero attached hydrogens (tertiary/aromatic N) is 4. The fraction of sp³-hybridized carbons (Fsp3) is 0.0714. The Kier molecular flexibility index (Phi) is 2.31. The zero-order valence-electron chi connectivity index (χ0n) is 10.0. The summed E-state index contributed by atoms with van der Waals surface area (Å²) in [6, 6.07) is 8.14. The van der Waals surface area contributed by atoms with Gasteiger partial charge in [-0.05, 0) is 6.07 Å². The molecule has 0 unspecified atom stereocenters. The lowest BCUT2D eigenvalue weighted by molar-refractivity contribution is 0.806. The van der Waals surface area contributed by atoms with Gasteiger partial charge in [0, 0.05) is 10.8 Å². The van der Waals surface area contributed by atoms with Crippen LogP contribution in [0.4, 0.5) is 0 Å². The van der Waals surface area contributed by atoms with Crippen LogP contribution in [0.15, 0.2) is 47.7 Å². The van der Waals surface area contributed by atoms with E-state index < -0.39 is 0 Å². The lowest BCUT2D eigenvalue weighted by Gasteiger charge is -2.04. The van der Waals surface area contributed by atoms with Crippen molar-refractivity contribution in [1.29, 1.82) is 0 Å². The highest BCUT2D eigenvalue weighted by atomic mass is 32.1. The van der Waals surface area contributed by atoms with Crippen molar-refractivity contribution >= 4 is 33.3 Å². The first-order valence-corrected chi connectivity index (χ1v) is 6.92. The van der Waals surface area contributed by atoms with Crippen molar-refractivity contribution in [2.45, 2.75) is 6.54 Å². The highest BCUT2D eigenvalue weighted by Gasteiger charge is 2.08. The molecule has 0 saturated heterocycles. The van der Waals surface area contributed by atoms with Crippen LogP contribution in [0.1, 0.15) is 5.69 Å². The van der Waals surface area contributed by atoms with E-state index in [4.69, 9.17) is 0 Å². The Balaban J connectivity index is 1.98. The molecule has 5 heteroatoms. The van der Waals surface area contributed by atoms with E-state index in [9.17, 15) is 0 Å². The van der Waals surface area contributed by atoms with Crippen LogP contribution in [-0.2, 0) is 6.54 Å². The van der Waals surface area contributed by atoms with Crippen molar-refractivity contribution in [3.05, 3.63) is 53.4 Å². The van der Waals surface area contributed by atoms with E-state index in [-0.39, 0.29) is 0 Å². The van der Waals surface area contributed by atoms with Gasteiger partial charge in [-0.2, -0.15) is 0 Å². The Morgan fingerprint density at radius 1 is 1.05 bits per heavy atom. The predicted octanol–water partition coefficient (Wildman–Crippen LogP) is 3.09. The molecule has 1 aromatic carbocycles. The number of aromatic nitrogens is 4. The van der Waals surface area contributed by atoms with E-state index >= 15 is 0 Å². The summed E-state index contributed by atoms with van der Waals surface area (Å²) in [4.78, 5) is 13.2. The van der Waals surface area contributed by atoms with Gasteiger partial charge in [0.15, 0.2) is 0 Å². The predicted molar refractivity (Wildman–Crippen MR) is 76.3 cm³/mol. The summed E-state index contributed by atoms with van der Waals surface area (Å²) < 4.78 is 2.13. The topological polar surface area (TPSA) is 43.6 Å². The van der Waals surface area contributed by atoms with Crippen LogP contribution in [0, 0.1) is 0 Å². The number of hydrogen-bond donors (Lipinski definition) is 0. The highest BCUT2D eigenvalue weighted by molar-refractivity contribution is 7.07. The molecule has 0 radical (unpaired) electrons. The molecular formula is C14H10N4S. The Bertz CT molecular complexity index is 848. The molecule has 0 atom stereocenters. The first kappa shape index (κ1) is 10.6. The molecule has 0 saturated carbocycles. The molecule has 0 bridgehead atoms. The molecule has 3 aromatic heterocycles. The van der Waals surface area contributed by atoms with E-state index in [1.54, 1.807) is 11.3 Å². The summed E-state index contributed by atoms with van der Waals surface area (Å²) in [6.45, 7) is 0.744. The first-order chi connectivity index (χ1) is 9.42. The van der Waals surface area contributed by atoms with Gasteiger partial charge in [-0.25, -0.2) is 9.97 Å². The minimum atomic E-state index is 0.744. The van der Waals surface area contributed by atoms with Crippen molar-refractivity contribution in [3.63, 3.8) is 0 Å². The fourth-order valence-electron chi connectivity index (χ4n) is 2.31. The van der Waals surface area contributed by atoms with Gasteiger partial charge < -0.3 is 4.57 Å². The zero-order chi connectivity index (χ0) is 12.7. The minimum Gasteiger partial charge on any atom is -0.324 e. The number of benzene rings is 1. The molecule has 92 valence electrons. The second kappa shape index (κ2) is 4.13. The lowest BCUT2D eigenvalue weighted by atomic mass is 10.2. The Morgan fingerprint density at radius 3 is 2.89 bits per heavy atom. The molecule has 0 aliphatic heterocycles. The summed E-state index contributed by atoms with van der Waals surface area (Å²) in [6.07, 6.45) is 3.69. The molecule has 0 spiro atoms. The average Bonchev–Trinajstić information content (AvgIpc) is 3.09. The maximum atomic E-state index is 4.43. The lowest BCUT2D eigenvalue weighted by Crippen LogP contribution is -1.98. The quantitative estimate of drug-likeness (QED) is 0.560. The summed E-state index contributed by atoms with van der Waals surface area (Å²) in [5.74, 6) is 0. The number of imidazole rings is 1. The Hall–Kier alpha value is -2.27. The van der Waals surface area contributed by atoms with Gasteiger partial charge in [0.2, 0.25) is 0 Å². The van der Waals surface area contributed by atoms with E-state index in [2.05, 4.69) is 31.0 Å². The van der Waals surface area contributed by atoms with Gasteiger partial charge in [0.1, 0.15) is 5.52 Å². The van der Waals surface area contributed by atoms with E-state index in [1.807, 2.05) is 36.2 Å². The van der Waals surface area contributed by atoms with Crippen molar-refractivity contribution in [2.75, 3.05) is 0 Å². The van der Waals surface area contributed by atoms with Crippen LogP contribution in [0.3, 0.4) is 0 Å². The molecule has 4 nitrogen and oxygen atoms in total.